The lowest BCUT2D eigenvalue weighted by atomic mass is 9.86. The number of pyridine rings is 1. The van der Waals surface area contributed by atoms with Crippen molar-refractivity contribution in [3.63, 3.8) is 0 Å². The highest BCUT2D eigenvalue weighted by Crippen LogP contribution is 2.32. The molecule has 0 unspecified atom stereocenters. The molecule has 0 spiro atoms. The van der Waals surface area contributed by atoms with Crippen LogP contribution in [0.1, 0.15) is 22.6 Å². The Kier molecular flexibility index (Phi) is 4.23. The molecule has 3 aromatic rings. The van der Waals surface area contributed by atoms with E-state index < -0.39 is 0 Å². The van der Waals surface area contributed by atoms with Crippen LogP contribution in [-0.4, -0.2) is 4.98 Å². The van der Waals surface area contributed by atoms with E-state index in [0.717, 1.165) is 10.0 Å². The number of aromatic nitrogens is 1. The van der Waals surface area contributed by atoms with E-state index in [1.807, 2.05) is 48.8 Å². The number of nitrogens with zero attached hydrogens (tertiary/aromatic N) is 1. The summed E-state index contributed by atoms with van der Waals surface area (Å²) in [6.07, 6.45) is 3.63. The Balaban J connectivity index is 2.11. The van der Waals surface area contributed by atoms with Crippen molar-refractivity contribution in [2.75, 3.05) is 0 Å². The molecule has 3 rings (SSSR count). The van der Waals surface area contributed by atoms with Crippen molar-refractivity contribution in [2.45, 2.75) is 5.92 Å². The van der Waals surface area contributed by atoms with E-state index in [-0.39, 0.29) is 5.92 Å². The van der Waals surface area contributed by atoms with Gasteiger partial charge in [0.25, 0.3) is 0 Å². The first kappa shape index (κ1) is 14.1. The summed E-state index contributed by atoms with van der Waals surface area (Å²) < 4.78 is 0. The first-order valence-electron chi connectivity index (χ1n) is 6.65. The van der Waals surface area contributed by atoms with Gasteiger partial charge in [-0.15, -0.1) is 0 Å². The predicted octanol–water partition coefficient (Wildman–Crippen LogP) is 5.57. The standard InChI is InChI=1S/C18H13Cl2N/c19-16-5-1-13(2-6-16)18(15-9-11-21-12-10-15)14-3-7-17(20)8-4-14/h1-12,18H. The molecule has 0 amide bonds. The third kappa shape index (κ3) is 3.26. The Bertz CT molecular complexity index is 661. The zero-order chi connectivity index (χ0) is 14.7. The van der Waals surface area contributed by atoms with Gasteiger partial charge >= 0.3 is 0 Å². The van der Waals surface area contributed by atoms with Crippen LogP contribution in [0.4, 0.5) is 0 Å². The SMILES string of the molecule is Clc1ccc(C(c2ccncc2)c2ccc(Cl)cc2)cc1. The Hall–Kier alpha value is -1.83. The van der Waals surface area contributed by atoms with Gasteiger partial charge in [-0.25, -0.2) is 0 Å². The Morgan fingerprint density at radius 1 is 0.571 bits per heavy atom. The van der Waals surface area contributed by atoms with Gasteiger partial charge in [0.1, 0.15) is 0 Å². The van der Waals surface area contributed by atoms with Crippen molar-refractivity contribution in [1.29, 1.82) is 0 Å². The fourth-order valence-corrected chi connectivity index (χ4v) is 2.70. The second-order valence-electron chi connectivity index (χ2n) is 4.82. The zero-order valence-electron chi connectivity index (χ0n) is 11.2. The van der Waals surface area contributed by atoms with E-state index in [9.17, 15) is 0 Å². The van der Waals surface area contributed by atoms with Crippen LogP contribution in [0.25, 0.3) is 0 Å². The Morgan fingerprint density at radius 3 is 1.38 bits per heavy atom. The van der Waals surface area contributed by atoms with Gasteiger partial charge in [0.15, 0.2) is 0 Å². The first-order chi connectivity index (χ1) is 10.2. The Morgan fingerprint density at radius 2 is 0.952 bits per heavy atom. The van der Waals surface area contributed by atoms with E-state index in [0.29, 0.717) is 0 Å². The first-order valence-corrected chi connectivity index (χ1v) is 7.40. The van der Waals surface area contributed by atoms with Gasteiger partial charge in [0.05, 0.1) is 0 Å². The van der Waals surface area contributed by atoms with E-state index in [1.54, 1.807) is 0 Å². The molecule has 2 aromatic carbocycles. The van der Waals surface area contributed by atoms with Gasteiger partial charge in [-0.3, -0.25) is 4.98 Å². The van der Waals surface area contributed by atoms with Crippen LogP contribution in [0.15, 0.2) is 73.1 Å². The maximum absolute atomic E-state index is 6.00. The summed E-state index contributed by atoms with van der Waals surface area (Å²) in [5, 5.41) is 1.48. The lowest BCUT2D eigenvalue weighted by Gasteiger charge is -2.18. The summed E-state index contributed by atoms with van der Waals surface area (Å²) in [5.74, 6) is 0.141. The summed E-state index contributed by atoms with van der Waals surface area (Å²) in [6.45, 7) is 0. The number of halogens is 2. The van der Waals surface area contributed by atoms with E-state index >= 15 is 0 Å². The molecule has 0 saturated carbocycles. The summed E-state index contributed by atoms with van der Waals surface area (Å²) in [6, 6.07) is 20.0. The lowest BCUT2D eigenvalue weighted by Crippen LogP contribution is -2.03. The lowest BCUT2D eigenvalue weighted by molar-refractivity contribution is 0.971. The fraction of sp³-hybridized carbons (Fsp3) is 0.0556. The second-order valence-corrected chi connectivity index (χ2v) is 5.69. The normalized spacial score (nSPS) is 10.8. The molecule has 1 aromatic heterocycles. The van der Waals surface area contributed by atoms with Gasteiger partial charge in [-0.05, 0) is 53.1 Å². The molecular weight excluding hydrogens is 301 g/mol. The molecular formula is C18H13Cl2N. The Labute approximate surface area is 134 Å². The van der Waals surface area contributed by atoms with Crippen LogP contribution in [0.3, 0.4) is 0 Å². The maximum atomic E-state index is 6.00. The minimum absolute atomic E-state index is 0.141. The third-order valence-electron chi connectivity index (χ3n) is 3.45. The predicted molar refractivity (Wildman–Crippen MR) is 88.1 cm³/mol. The van der Waals surface area contributed by atoms with Gasteiger partial charge in [-0.2, -0.15) is 0 Å². The summed E-state index contributed by atoms with van der Waals surface area (Å²) in [7, 11) is 0. The zero-order valence-corrected chi connectivity index (χ0v) is 12.7. The van der Waals surface area contributed by atoms with Gasteiger partial charge < -0.3 is 0 Å². The summed E-state index contributed by atoms with van der Waals surface area (Å²) in [5.41, 5.74) is 3.57. The molecule has 0 aliphatic rings. The highest BCUT2D eigenvalue weighted by atomic mass is 35.5. The average Bonchev–Trinajstić information content (AvgIpc) is 2.52. The molecule has 0 N–H and O–H groups in total. The quantitative estimate of drug-likeness (QED) is 0.616. The number of benzene rings is 2. The highest BCUT2D eigenvalue weighted by molar-refractivity contribution is 6.30. The largest absolute Gasteiger partial charge is 0.265 e. The second kappa shape index (κ2) is 6.30. The van der Waals surface area contributed by atoms with Crippen LogP contribution < -0.4 is 0 Å². The molecule has 0 radical (unpaired) electrons. The van der Waals surface area contributed by atoms with Crippen LogP contribution in [-0.2, 0) is 0 Å². The van der Waals surface area contributed by atoms with Crippen molar-refractivity contribution in [2.24, 2.45) is 0 Å². The molecule has 1 heterocycles. The van der Waals surface area contributed by atoms with Crippen LogP contribution in [0.5, 0.6) is 0 Å². The van der Waals surface area contributed by atoms with E-state index in [1.165, 1.54) is 16.7 Å². The molecule has 21 heavy (non-hydrogen) atoms. The molecule has 0 saturated heterocycles. The molecule has 0 aliphatic heterocycles. The maximum Gasteiger partial charge on any atom is 0.0406 e. The minimum Gasteiger partial charge on any atom is -0.265 e. The van der Waals surface area contributed by atoms with E-state index in [4.69, 9.17) is 23.2 Å². The summed E-state index contributed by atoms with van der Waals surface area (Å²) >= 11 is 12.0. The van der Waals surface area contributed by atoms with Crippen molar-refractivity contribution >= 4 is 23.2 Å². The van der Waals surface area contributed by atoms with E-state index in [2.05, 4.69) is 29.2 Å². The molecule has 1 nitrogen and oxygen atoms in total. The molecule has 0 bridgehead atoms. The topological polar surface area (TPSA) is 12.9 Å². The molecule has 104 valence electrons. The average molecular weight is 314 g/mol. The van der Waals surface area contributed by atoms with Gasteiger partial charge in [0.2, 0.25) is 0 Å². The van der Waals surface area contributed by atoms with Crippen molar-refractivity contribution < 1.29 is 0 Å². The third-order valence-corrected chi connectivity index (χ3v) is 3.95. The highest BCUT2D eigenvalue weighted by Gasteiger charge is 2.16. The molecule has 3 heteroatoms. The monoisotopic (exact) mass is 313 g/mol. The smallest absolute Gasteiger partial charge is 0.0406 e. The molecule has 0 aliphatic carbocycles. The minimum atomic E-state index is 0.141. The van der Waals surface area contributed by atoms with Crippen molar-refractivity contribution in [3.05, 3.63) is 99.8 Å². The van der Waals surface area contributed by atoms with Crippen molar-refractivity contribution in [3.8, 4) is 0 Å². The van der Waals surface area contributed by atoms with Crippen LogP contribution >= 0.6 is 23.2 Å². The molecule has 0 fully saturated rings. The van der Waals surface area contributed by atoms with Crippen LogP contribution in [0.2, 0.25) is 10.0 Å². The number of hydrogen-bond donors (Lipinski definition) is 0. The van der Waals surface area contributed by atoms with Crippen LogP contribution in [0, 0.1) is 0 Å². The number of rotatable bonds is 3. The van der Waals surface area contributed by atoms with Gasteiger partial charge in [0, 0.05) is 28.4 Å². The van der Waals surface area contributed by atoms with Crippen molar-refractivity contribution in [1.82, 2.24) is 4.98 Å². The fourth-order valence-electron chi connectivity index (χ4n) is 2.44. The van der Waals surface area contributed by atoms with Gasteiger partial charge in [-0.1, -0.05) is 47.5 Å². The number of hydrogen-bond acceptors (Lipinski definition) is 1. The summed E-state index contributed by atoms with van der Waals surface area (Å²) in [4.78, 5) is 4.10. The molecule has 0 atom stereocenters.